The van der Waals surface area contributed by atoms with Gasteiger partial charge in [0, 0.05) is 18.8 Å². The summed E-state index contributed by atoms with van der Waals surface area (Å²) < 4.78 is 0. The highest BCUT2D eigenvalue weighted by atomic mass is 16.2. The lowest BCUT2D eigenvalue weighted by molar-refractivity contribution is -0.126. The van der Waals surface area contributed by atoms with Gasteiger partial charge in [-0.1, -0.05) is 31.2 Å². The van der Waals surface area contributed by atoms with Gasteiger partial charge in [0.1, 0.15) is 0 Å². The Labute approximate surface area is 143 Å². The first-order valence-corrected chi connectivity index (χ1v) is 8.69. The Balaban J connectivity index is 1.62. The van der Waals surface area contributed by atoms with Crippen LogP contribution in [0.2, 0.25) is 0 Å². The van der Waals surface area contributed by atoms with Gasteiger partial charge >= 0.3 is 0 Å². The molecule has 0 saturated heterocycles. The van der Waals surface area contributed by atoms with Gasteiger partial charge in [0.2, 0.25) is 5.91 Å². The fourth-order valence-electron chi connectivity index (χ4n) is 3.54. The van der Waals surface area contributed by atoms with Crippen LogP contribution in [0.15, 0.2) is 24.3 Å². The van der Waals surface area contributed by atoms with E-state index in [4.69, 9.17) is 0 Å². The summed E-state index contributed by atoms with van der Waals surface area (Å²) in [7, 11) is 0. The maximum atomic E-state index is 12.7. The summed E-state index contributed by atoms with van der Waals surface area (Å²) in [5, 5.41) is 10.3. The number of benzene rings is 1. The van der Waals surface area contributed by atoms with Crippen LogP contribution in [-0.4, -0.2) is 40.1 Å². The van der Waals surface area contributed by atoms with Gasteiger partial charge in [0.05, 0.1) is 11.7 Å². The Kier molecular flexibility index (Phi) is 5.00. The highest BCUT2D eigenvalue weighted by molar-refractivity contribution is 5.82. The zero-order valence-electron chi connectivity index (χ0n) is 14.7. The number of aromatic nitrogens is 2. The first kappa shape index (κ1) is 16.7. The number of aromatic amines is 1. The van der Waals surface area contributed by atoms with E-state index in [9.17, 15) is 4.79 Å². The number of fused-ring (bicyclic) bond motifs is 1. The number of rotatable bonds is 5. The molecule has 1 aromatic carbocycles. The highest BCUT2D eigenvalue weighted by Crippen LogP contribution is 2.23. The standard InChI is InChI=1S/C19H26N4O/c1-4-23-12-16-8-6-5-7-15(16)11-18(23)19(24)20-10-9-17-13(2)21-22-14(17)3/h5-8,18H,4,9-12H2,1-3H3,(H,20,24)(H,21,22)/t18-/m0/s1. The number of nitrogens with zero attached hydrogens (tertiary/aromatic N) is 2. The van der Waals surface area contributed by atoms with Crippen molar-refractivity contribution >= 4 is 5.91 Å². The second-order valence-electron chi connectivity index (χ2n) is 6.51. The van der Waals surface area contributed by atoms with E-state index in [1.54, 1.807) is 0 Å². The van der Waals surface area contributed by atoms with E-state index in [-0.39, 0.29) is 11.9 Å². The number of nitrogens with one attached hydrogen (secondary N) is 2. The summed E-state index contributed by atoms with van der Waals surface area (Å²) in [4.78, 5) is 15.0. The molecule has 1 aromatic heterocycles. The Morgan fingerprint density at radius 1 is 1.33 bits per heavy atom. The molecular weight excluding hydrogens is 300 g/mol. The monoisotopic (exact) mass is 326 g/mol. The van der Waals surface area contributed by atoms with E-state index in [0.29, 0.717) is 6.54 Å². The SMILES string of the molecule is CCN1Cc2ccccc2C[C@H]1C(=O)NCCc1c(C)n[nH]c1C. The molecule has 1 atom stereocenters. The number of hydrogen-bond donors (Lipinski definition) is 2. The molecule has 0 aliphatic carbocycles. The average Bonchev–Trinajstić information content (AvgIpc) is 2.92. The molecule has 0 saturated carbocycles. The number of aryl methyl sites for hydroxylation is 2. The van der Waals surface area contributed by atoms with E-state index in [0.717, 1.165) is 37.3 Å². The maximum Gasteiger partial charge on any atom is 0.237 e. The molecule has 5 nitrogen and oxygen atoms in total. The fraction of sp³-hybridized carbons (Fsp3) is 0.474. The average molecular weight is 326 g/mol. The number of H-pyrrole nitrogens is 1. The van der Waals surface area contributed by atoms with E-state index >= 15 is 0 Å². The van der Waals surface area contributed by atoms with Crippen LogP contribution in [0, 0.1) is 13.8 Å². The predicted octanol–water partition coefficient (Wildman–Crippen LogP) is 2.13. The molecule has 1 aliphatic heterocycles. The van der Waals surface area contributed by atoms with Gasteiger partial charge in [0.15, 0.2) is 0 Å². The molecule has 2 N–H and O–H groups in total. The lowest BCUT2D eigenvalue weighted by Crippen LogP contribution is -2.50. The van der Waals surface area contributed by atoms with Crippen LogP contribution in [0.1, 0.15) is 35.0 Å². The van der Waals surface area contributed by atoms with Crippen LogP contribution in [0.25, 0.3) is 0 Å². The van der Waals surface area contributed by atoms with Gasteiger partial charge in [-0.2, -0.15) is 5.10 Å². The molecule has 2 aromatic rings. The molecule has 3 rings (SSSR count). The predicted molar refractivity (Wildman–Crippen MR) is 94.8 cm³/mol. The molecule has 5 heteroatoms. The van der Waals surface area contributed by atoms with Crippen LogP contribution in [0.3, 0.4) is 0 Å². The van der Waals surface area contributed by atoms with Gasteiger partial charge < -0.3 is 5.32 Å². The molecule has 128 valence electrons. The number of carbonyl (C=O) groups is 1. The van der Waals surface area contributed by atoms with E-state index in [1.807, 2.05) is 13.8 Å². The number of carbonyl (C=O) groups excluding carboxylic acids is 1. The molecule has 24 heavy (non-hydrogen) atoms. The van der Waals surface area contributed by atoms with Crippen molar-refractivity contribution in [2.45, 2.75) is 46.2 Å². The number of hydrogen-bond acceptors (Lipinski definition) is 3. The van der Waals surface area contributed by atoms with Gasteiger partial charge in [-0.3, -0.25) is 14.8 Å². The Morgan fingerprint density at radius 3 is 2.75 bits per heavy atom. The molecule has 0 fully saturated rings. The summed E-state index contributed by atoms with van der Waals surface area (Å²) in [5.74, 6) is 0.130. The zero-order valence-corrected chi connectivity index (χ0v) is 14.7. The Bertz CT molecular complexity index is 702. The quantitative estimate of drug-likeness (QED) is 0.885. The summed E-state index contributed by atoms with van der Waals surface area (Å²) in [5.41, 5.74) is 5.95. The second kappa shape index (κ2) is 7.18. The van der Waals surface area contributed by atoms with Crippen LogP contribution in [0.5, 0.6) is 0 Å². The van der Waals surface area contributed by atoms with Crippen molar-refractivity contribution in [3.63, 3.8) is 0 Å². The molecule has 0 radical (unpaired) electrons. The van der Waals surface area contributed by atoms with Crippen LogP contribution < -0.4 is 5.32 Å². The third kappa shape index (κ3) is 3.36. The molecule has 0 bridgehead atoms. The highest BCUT2D eigenvalue weighted by Gasteiger charge is 2.30. The number of likely N-dealkylation sites (N-methyl/N-ethyl adjacent to an activating group) is 1. The van der Waals surface area contributed by atoms with Gasteiger partial charge in [-0.05, 0) is 49.9 Å². The van der Waals surface area contributed by atoms with Crippen molar-refractivity contribution in [2.75, 3.05) is 13.1 Å². The van der Waals surface area contributed by atoms with Crippen molar-refractivity contribution in [2.24, 2.45) is 0 Å². The molecule has 1 aliphatic rings. The fourth-order valence-corrected chi connectivity index (χ4v) is 3.54. The van der Waals surface area contributed by atoms with Crippen molar-refractivity contribution in [1.82, 2.24) is 20.4 Å². The minimum atomic E-state index is -0.0727. The van der Waals surface area contributed by atoms with Gasteiger partial charge in [0.25, 0.3) is 0 Å². The summed E-state index contributed by atoms with van der Waals surface area (Å²) in [6.07, 6.45) is 1.61. The van der Waals surface area contributed by atoms with Crippen LogP contribution >= 0.6 is 0 Å². The summed E-state index contributed by atoms with van der Waals surface area (Å²) in [6.45, 7) is 8.52. The van der Waals surface area contributed by atoms with Crippen LogP contribution in [-0.2, 0) is 24.2 Å². The molecular formula is C19H26N4O. The lowest BCUT2D eigenvalue weighted by atomic mass is 9.93. The third-order valence-corrected chi connectivity index (χ3v) is 5.01. The molecule has 0 unspecified atom stereocenters. The molecule has 0 spiro atoms. The minimum absolute atomic E-state index is 0.0727. The first-order chi connectivity index (χ1) is 11.6. The smallest absolute Gasteiger partial charge is 0.237 e. The molecule has 1 amide bonds. The van der Waals surface area contributed by atoms with Crippen LogP contribution in [0.4, 0.5) is 0 Å². The van der Waals surface area contributed by atoms with E-state index < -0.39 is 0 Å². The largest absolute Gasteiger partial charge is 0.354 e. The van der Waals surface area contributed by atoms with E-state index in [1.165, 1.54) is 16.7 Å². The van der Waals surface area contributed by atoms with E-state index in [2.05, 4.69) is 51.6 Å². The summed E-state index contributed by atoms with van der Waals surface area (Å²) in [6, 6.07) is 8.36. The van der Waals surface area contributed by atoms with Crippen molar-refractivity contribution in [3.05, 3.63) is 52.3 Å². The zero-order chi connectivity index (χ0) is 17.1. The Hall–Kier alpha value is -2.14. The minimum Gasteiger partial charge on any atom is -0.354 e. The van der Waals surface area contributed by atoms with Crippen molar-refractivity contribution in [1.29, 1.82) is 0 Å². The third-order valence-electron chi connectivity index (χ3n) is 5.01. The summed E-state index contributed by atoms with van der Waals surface area (Å²) >= 11 is 0. The van der Waals surface area contributed by atoms with Crippen molar-refractivity contribution < 1.29 is 4.79 Å². The normalized spacial score (nSPS) is 17.5. The second-order valence-corrected chi connectivity index (χ2v) is 6.51. The van der Waals surface area contributed by atoms with Gasteiger partial charge in [-0.15, -0.1) is 0 Å². The van der Waals surface area contributed by atoms with Crippen molar-refractivity contribution in [3.8, 4) is 0 Å². The Morgan fingerprint density at radius 2 is 2.08 bits per heavy atom. The number of amides is 1. The van der Waals surface area contributed by atoms with Gasteiger partial charge in [-0.25, -0.2) is 0 Å². The molecule has 2 heterocycles. The lowest BCUT2D eigenvalue weighted by Gasteiger charge is -2.35. The topological polar surface area (TPSA) is 61.0 Å². The maximum absolute atomic E-state index is 12.7. The first-order valence-electron chi connectivity index (χ1n) is 8.69.